The third kappa shape index (κ3) is 2.49. The van der Waals surface area contributed by atoms with Crippen LogP contribution in [0, 0.1) is 6.92 Å². The third-order valence-corrected chi connectivity index (χ3v) is 2.42. The van der Waals surface area contributed by atoms with Gasteiger partial charge in [-0.3, -0.25) is 10.2 Å². The molecule has 0 amide bonds. The van der Waals surface area contributed by atoms with Crippen molar-refractivity contribution in [2.75, 3.05) is 0 Å². The van der Waals surface area contributed by atoms with Crippen molar-refractivity contribution < 1.29 is 14.7 Å². The molecule has 2 aromatic heterocycles. The highest BCUT2D eigenvalue weighted by molar-refractivity contribution is 9.10. The van der Waals surface area contributed by atoms with Crippen molar-refractivity contribution >= 4 is 15.9 Å². The molecule has 0 saturated heterocycles. The Morgan fingerprint density at radius 3 is 2.94 bits per heavy atom. The molecule has 2 heterocycles. The maximum absolute atomic E-state index is 9.33. The van der Waals surface area contributed by atoms with Gasteiger partial charge in [-0.1, -0.05) is 0 Å². The van der Waals surface area contributed by atoms with Gasteiger partial charge in [0, 0.05) is 17.0 Å². The minimum Gasteiger partial charge on any atom is -0.449 e. The van der Waals surface area contributed by atoms with Gasteiger partial charge in [-0.25, -0.2) is 0 Å². The highest BCUT2D eigenvalue weighted by Crippen LogP contribution is 2.23. The summed E-state index contributed by atoms with van der Waals surface area (Å²) in [5.41, 5.74) is 0.798. The molecule has 0 radical (unpaired) electrons. The quantitative estimate of drug-likeness (QED) is 0.680. The van der Waals surface area contributed by atoms with Crippen molar-refractivity contribution in [1.29, 1.82) is 0 Å². The molecule has 5 heteroatoms. The smallest absolute Gasteiger partial charge is 0.264 e. The molecule has 0 saturated carbocycles. The molecule has 0 spiro atoms. The number of aryl methyl sites for hydroxylation is 1. The van der Waals surface area contributed by atoms with Gasteiger partial charge in [0.15, 0.2) is 5.75 Å². The average Bonchev–Trinajstić information content (AvgIpc) is 2.20. The molecule has 0 aliphatic carbocycles. The Labute approximate surface area is 101 Å². The minimum absolute atomic E-state index is 0.535. The zero-order valence-electron chi connectivity index (χ0n) is 8.59. The number of rotatable bonds is 2. The first-order valence-corrected chi connectivity index (χ1v) is 5.45. The van der Waals surface area contributed by atoms with Crippen LogP contribution >= 0.6 is 15.9 Å². The molecule has 4 nitrogen and oxygen atoms in total. The number of hydrogen-bond acceptors (Lipinski definition) is 3. The predicted octanol–water partition coefficient (Wildman–Crippen LogP) is 2.47. The van der Waals surface area contributed by atoms with Crippen LogP contribution in [0.3, 0.4) is 0 Å². The highest BCUT2D eigenvalue weighted by atomic mass is 79.9. The maximum atomic E-state index is 9.33. The molecule has 0 aliphatic rings. The zero-order valence-corrected chi connectivity index (χ0v) is 10.2. The van der Waals surface area contributed by atoms with Crippen LogP contribution in [0.4, 0.5) is 0 Å². The van der Waals surface area contributed by atoms with Gasteiger partial charge in [-0.15, -0.1) is 0 Å². The molecule has 0 fully saturated rings. The lowest BCUT2D eigenvalue weighted by Gasteiger charge is -2.05. The zero-order chi connectivity index (χ0) is 11.5. The summed E-state index contributed by atoms with van der Waals surface area (Å²) in [6, 6.07) is 5.39. The van der Waals surface area contributed by atoms with Crippen LogP contribution in [0.2, 0.25) is 0 Å². The summed E-state index contributed by atoms with van der Waals surface area (Å²) in [4.78, 5) is 4.11. The van der Waals surface area contributed by atoms with Gasteiger partial charge >= 0.3 is 0 Å². The molecule has 82 valence electrons. The Morgan fingerprint density at radius 1 is 1.44 bits per heavy atom. The van der Waals surface area contributed by atoms with Gasteiger partial charge in [0.2, 0.25) is 6.20 Å². The van der Waals surface area contributed by atoms with Crippen molar-refractivity contribution in [2.45, 2.75) is 6.92 Å². The van der Waals surface area contributed by atoms with E-state index in [1.165, 1.54) is 12.4 Å². The van der Waals surface area contributed by atoms with Crippen LogP contribution in [0.1, 0.15) is 5.69 Å². The number of nitrogens with zero attached hydrogens (tertiary/aromatic N) is 2. The molecule has 0 atom stereocenters. The maximum Gasteiger partial charge on any atom is 0.264 e. The number of hydrogen-bond donors (Lipinski definition) is 1. The number of ether oxygens (including phenoxy) is 1. The summed E-state index contributed by atoms with van der Waals surface area (Å²) in [6.45, 7) is 1.86. The Kier molecular flexibility index (Phi) is 3.05. The normalized spacial score (nSPS) is 10.1. The molecule has 0 unspecified atom stereocenters. The first kappa shape index (κ1) is 10.9. The van der Waals surface area contributed by atoms with Crippen molar-refractivity contribution in [3.05, 3.63) is 47.0 Å². The molecule has 2 rings (SSSR count). The fourth-order valence-corrected chi connectivity index (χ4v) is 1.70. The summed E-state index contributed by atoms with van der Waals surface area (Å²) in [7, 11) is 0. The monoisotopic (exact) mass is 281 g/mol. The summed E-state index contributed by atoms with van der Waals surface area (Å²) >= 11 is 3.27. The predicted molar refractivity (Wildman–Crippen MR) is 60.6 cm³/mol. The van der Waals surface area contributed by atoms with E-state index in [1.54, 1.807) is 18.3 Å². The fraction of sp³-hybridized carbons (Fsp3) is 0.0909. The lowest BCUT2D eigenvalue weighted by atomic mass is 10.3. The first-order valence-electron chi connectivity index (χ1n) is 4.66. The van der Waals surface area contributed by atoms with Crippen LogP contribution in [-0.2, 0) is 0 Å². The Bertz CT molecular complexity index is 497. The topological polar surface area (TPSA) is 46.2 Å². The summed E-state index contributed by atoms with van der Waals surface area (Å²) in [5.74, 6) is 1.20. The van der Waals surface area contributed by atoms with E-state index in [0.717, 1.165) is 14.9 Å². The Morgan fingerprint density at radius 2 is 2.25 bits per heavy atom. The van der Waals surface area contributed by atoms with Crippen molar-refractivity contribution in [2.24, 2.45) is 0 Å². The van der Waals surface area contributed by atoms with E-state index in [1.807, 2.05) is 13.0 Å². The van der Waals surface area contributed by atoms with Gasteiger partial charge in [0.25, 0.3) is 6.20 Å². The van der Waals surface area contributed by atoms with Crippen LogP contribution in [0.15, 0.2) is 41.3 Å². The second kappa shape index (κ2) is 4.49. The van der Waals surface area contributed by atoms with Crippen LogP contribution < -0.4 is 9.47 Å². The van der Waals surface area contributed by atoms with E-state index in [0.29, 0.717) is 11.5 Å². The Hall–Kier alpha value is -1.62. The summed E-state index contributed by atoms with van der Waals surface area (Å²) in [5, 5.41) is 9.33. The molecule has 0 bridgehead atoms. The lowest BCUT2D eigenvalue weighted by Crippen LogP contribution is -2.28. The van der Waals surface area contributed by atoms with Crippen molar-refractivity contribution in [3.63, 3.8) is 0 Å². The van der Waals surface area contributed by atoms with Crippen LogP contribution in [0.25, 0.3) is 0 Å². The van der Waals surface area contributed by atoms with Crippen LogP contribution in [-0.4, -0.2) is 10.2 Å². The van der Waals surface area contributed by atoms with E-state index in [2.05, 4.69) is 20.9 Å². The van der Waals surface area contributed by atoms with Crippen molar-refractivity contribution in [3.8, 4) is 11.5 Å². The van der Waals surface area contributed by atoms with Gasteiger partial charge < -0.3 is 4.74 Å². The molecular weight excluding hydrogens is 272 g/mol. The van der Waals surface area contributed by atoms with Crippen LogP contribution in [0.5, 0.6) is 11.5 Å². The second-order valence-corrected chi connectivity index (χ2v) is 4.17. The lowest BCUT2D eigenvalue weighted by molar-refractivity contribution is -0.905. The van der Waals surface area contributed by atoms with Gasteiger partial charge in [-0.2, -0.15) is 0 Å². The number of halogens is 1. The molecule has 1 N–H and O–H groups in total. The fourth-order valence-electron chi connectivity index (χ4n) is 1.26. The molecule has 0 aromatic carbocycles. The first-order chi connectivity index (χ1) is 7.65. The minimum atomic E-state index is 0.535. The Balaban J connectivity index is 2.30. The van der Waals surface area contributed by atoms with Gasteiger partial charge in [0.1, 0.15) is 5.75 Å². The standard InChI is InChI=1S/C11H10BrN2O2/c1-8-11(3-2-4-13-8)16-10-5-9(12)6-14(15)7-10/h2-7,15H,1H3/q+1. The van der Waals surface area contributed by atoms with Gasteiger partial charge in [0.05, 0.1) is 10.2 Å². The largest absolute Gasteiger partial charge is 0.449 e. The molecule has 2 aromatic rings. The SMILES string of the molecule is Cc1ncccc1Oc1cc(Br)c[n+](O)c1. The van der Waals surface area contributed by atoms with Crippen molar-refractivity contribution in [1.82, 2.24) is 4.98 Å². The molecule has 0 aliphatic heterocycles. The second-order valence-electron chi connectivity index (χ2n) is 3.26. The van der Waals surface area contributed by atoms with E-state index in [-0.39, 0.29) is 0 Å². The summed E-state index contributed by atoms with van der Waals surface area (Å²) in [6.07, 6.45) is 4.69. The summed E-state index contributed by atoms with van der Waals surface area (Å²) < 4.78 is 7.26. The number of pyridine rings is 2. The third-order valence-electron chi connectivity index (χ3n) is 1.98. The highest BCUT2D eigenvalue weighted by Gasteiger charge is 2.08. The molecular formula is C11H10BrN2O2+. The van der Waals surface area contributed by atoms with E-state index < -0.39 is 0 Å². The average molecular weight is 282 g/mol. The van der Waals surface area contributed by atoms with E-state index in [9.17, 15) is 5.21 Å². The van der Waals surface area contributed by atoms with E-state index in [4.69, 9.17) is 4.74 Å². The van der Waals surface area contributed by atoms with E-state index >= 15 is 0 Å². The van der Waals surface area contributed by atoms with Gasteiger partial charge in [-0.05, 0) is 35.0 Å². The molecule has 16 heavy (non-hydrogen) atoms. The number of aromatic nitrogens is 2.